The summed E-state index contributed by atoms with van der Waals surface area (Å²) in [6.45, 7) is 0.214. The number of nitrogens with two attached hydrogens (primary N) is 1. The van der Waals surface area contributed by atoms with Gasteiger partial charge in [0.1, 0.15) is 11.6 Å². The molecule has 0 radical (unpaired) electrons. The third-order valence-corrected chi connectivity index (χ3v) is 4.02. The normalized spacial score (nSPS) is 16.1. The SMILES string of the molecule is Nc1cc(F)c(S(=O)(=O)NCC2CC2)c(F)c1. The summed E-state index contributed by atoms with van der Waals surface area (Å²) in [5.41, 5.74) is 5.06. The highest BCUT2D eigenvalue weighted by atomic mass is 32.2. The number of hydrogen-bond donors (Lipinski definition) is 2. The van der Waals surface area contributed by atoms with Crippen LogP contribution in [0.4, 0.5) is 14.5 Å². The van der Waals surface area contributed by atoms with Gasteiger partial charge in [0.15, 0.2) is 4.90 Å². The molecule has 0 bridgehead atoms. The monoisotopic (exact) mass is 262 g/mol. The van der Waals surface area contributed by atoms with Crippen molar-refractivity contribution < 1.29 is 17.2 Å². The lowest BCUT2D eigenvalue weighted by Gasteiger charge is -2.08. The van der Waals surface area contributed by atoms with E-state index < -0.39 is 26.6 Å². The van der Waals surface area contributed by atoms with Crippen LogP contribution in [0.15, 0.2) is 17.0 Å². The molecule has 0 spiro atoms. The Balaban J connectivity index is 2.31. The zero-order valence-electron chi connectivity index (χ0n) is 8.91. The van der Waals surface area contributed by atoms with E-state index in [1.807, 2.05) is 0 Å². The molecule has 1 fully saturated rings. The third-order valence-electron chi connectivity index (χ3n) is 2.55. The van der Waals surface area contributed by atoms with Crippen LogP contribution in [-0.2, 0) is 10.0 Å². The lowest BCUT2D eigenvalue weighted by molar-refractivity contribution is 0.513. The van der Waals surface area contributed by atoms with Crippen LogP contribution < -0.4 is 10.5 Å². The van der Waals surface area contributed by atoms with Crippen LogP contribution in [0.2, 0.25) is 0 Å². The summed E-state index contributed by atoms with van der Waals surface area (Å²) >= 11 is 0. The fraction of sp³-hybridized carbons (Fsp3) is 0.400. The lowest BCUT2D eigenvalue weighted by Crippen LogP contribution is -2.27. The van der Waals surface area contributed by atoms with E-state index in [0.717, 1.165) is 25.0 Å². The number of halogens is 2. The maximum atomic E-state index is 13.4. The number of nitrogens with one attached hydrogen (secondary N) is 1. The molecule has 0 atom stereocenters. The zero-order chi connectivity index (χ0) is 12.6. The fourth-order valence-corrected chi connectivity index (χ4v) is 2.69. The average molecular weight is 262 g/mol. The fourth-order valence-electron chi connectivity index (χ4n) is 1.46. The van der Waals surface area contributed by atoms with E-state index in [1.165, 1.54) is 0 Å². The van der Waals surface area contributed by atoms with E-state index in [9.17, 15) is 17.2 Å². The van der Waals surface area contributed by atoms with E-state index in [4.69, 9.17) is 5.73 Å². The van der Waals surface area contributed by atoms with Crippen LogP contribution >= 0.6 is 0 Å². The van der Waals surface area contributed by atoms with Crippen molar-refractivity contribution in [1.82, 2.24) is 4.72 Å². The number of anilines is 1. The van der Waals surface area contributed by atoms with Gasteiger partial charge in [0.25, 0.3) is 0 Å². The van der Waals surface area contributed by atoms with Crippen molar-refractivity contribution in [2.45, 2.75) is 17.7 Å². The number of rotatable bonds is 4. The smallest absolute Gasteiger partial charge is 0.246 e. The molecule has 0 saturated heterocycles. The summed E-state index contributed by atoms with van der Waals surface area (Å²) < 4.78 is 52.4. The second-order valence-corrected chi connectivity index (χ2v) is 5.81. The highest BCUT2D eigenvalue weighted by Crippen LogP contribution is 2.28. The zero-order valence-corrected chi connectivity index (χ0v) is 9.73. The van der Waals surface area contributed by atoms with E-state index in [0.29, 0.717) is 0 Å². The first-order chi connectivity index (χ1) is 7.90. The first-order valence-electron chi connectivity index (χ1n) is 5.14. The molecule has 94 valence electrons. The molecule has 3 N–H and O–H groups in total. The van der Waals surface area contributed by atoms with Crippen molar-refractivity contribution in [3.8, 4) is 0 Å². The Morgan fingerprint density at radius 3 is 2.29 bits per heavy atom. The van der Waals surface area contributed by atoms with Crippen LogP contribution in [0.3, 0.4) is 0 Å². The molecule has 1 aromatic carbocycles. The number of benzene rings is 1. The van der Waals surface area contributed by atoms with Gasteiger partial charge in [-0.3, -0.25) is 0 Å². The van der Waals surface area contributed by atoms with Gasteiger partial charge in [-0.15, -0.1) is 0 Å². The molecule has 17 heavy (non-hydrogen) atoms. The largest absolute Gasteiger partial charge is 0.399 e. The molecule has 1 saturated carbocycles. The summed E-state index contributed by atoms with van der Waals surface area (Å²) in [5, 5.41) is 0. The maximum absolute atomic E-state index is 13.4. The first kappa shape index (κ1) is 12.3. The van der Waals surface area contributed by atoms with Crippen molar-refractivity contribution in [2.75, 3.05) is 12.3 Å². The molecule has 1 aromatic rings. The van der Waals surface area contributed by atoms with Crippen LogP contribution in [0.5, 0.6) is 0 Å². The quantitative estimate of drug-likeness (QED) is 0.802. The van der Waals surface area contributed by atoms with E-state index in [-0.39, 0.29) is 18.2 Å². The first-order valence-corrected chi connectivity index (χ1v) is 6.62. The number of nitrogen functional groups attached to an aromatic ring is 1. The molecule has 0 aromatic heterocycles. The van der Waals surface area contributed by atoms with Crippen LogP contribution in [0, 0.1) is 17.6 Å². The molecule has 4 nitrogen and oxygen atoms in total. The third kappa shape index (κ3) is 2.73. The summed E-state index contributed by atoms with van der Waals surface area (Å²) in [6.07, 6.45) is 1.88. The van der Waals surface area contributed by atoms with Crippen molar-refractivity contribution in [3.63, 3.8) is 0 Å². The predicted octanol–water partition coefficient (Wildman–Crippen LogP) is 1.24. The molecule has 1 aliphatic rings. The van der Waals surface area contributed by atoms with Gasteiger partial charge in [-0.2, -0.15) is 0 Å². The minimum absolute atomic E-state index is 0.152. The molecular formula is C10H12F2N2O2S. The summed E-state index contributed by atoms with van der Waals surface area (Å²) in [5.74, 6) is -2.07. The summed E-state index contributed by atoms with van der Waals surface area (Å²) in [4.78, 5) is -0.965. The molecule has 2 rings (SSSR count). The molecular weight excluding hydrogens is 250 g/mol. The minimum atomic E-state index is -4.15. The molecule has 0 heterocycles. The molecule has 0 aliphatic heterocycles. The molecule has 7 heteroatoms. The highest BCUT2D eigenvalue weighted by molar-refractivity contribution is 7.89. The van der Waals surface area contributed by atoms with Gasteiger partial charge in [-0.25, -0.2) is 21.9 Å². The Hall–Kier alpha value is -1.21. The standard InChI is InChI=1S/C10H12F2N2O2S/c11-8-3-7(13)4-9(12)10(8)17(15,16)14-5-6-1-2-6/h3-4,6,14H,1-2,5,13H2. The predicted molar refractivity (Wildman–Crippen MR) is 58.7 cm³/mol. The van der Waals surface area contributed by atoms with Gasteiger partial charge in [0.2, 0.25) is 10.0 Å². The van der Waals surface area contributed by atoms with Crippen molar-refractivity contribution in [3.05, 3.63) is 23.8 Å². The molecule has 1 aliphatic carbocycles. The molecule has 0 amide bonds. The Bertz CT molecular complexity index is 518. The summed E-state index contributed by atoms with van der Waals surface area (Å²) in [7, 11) is -4.15. The Labute approximate surface area is 97.9 Å². The number of hydrogen-bond acceptors (Lipinski definition) is 3. The van der Waals surface area contributed by atoms with Crippen LogP contribution in [0.25, 0.3) is 0 Å². The molecule has 0 unspecified atom stereocenters. The Morgan fingerprint density at radius 2 is 1.82 bits per heavy atom. The summed E-state index contributed by atoms with van der Waals surface area (Å²) in [6, 6.07) is 1.57. The van der Waals surface area contributed by atoms with E-state index in [1.54, 1.807) is 0 Å². The topological polar surface area (TPSA) is 72.2 Å². The van der Waals surface area contributed by atoms with Gasteiger partial charge in [0, 0.05) is 12.2 Å². The Kier molecular flexibility index (Phi) is 3.05. The van der Waals surface area contributed by atoms with Crippen LogP contribution in [-0.4, -0.2) is 15.0 Å². The maximum Gasteiger partial charge on any atom is 0.246 e. The van der Waals surface area contributed by atoms with Crippen LogP contribution in [0.1, 0.15) is 12.8 Å². The second kappa shape index (κ2) is 4.23. The van der Waals surface area contributed by atoms with Gasteiger partial charge in [0.05, 0.1) is 0 Å². The van der Waals surface area contributed by atoms with Crippen molar-refractivity contribution >= 4 is 15.7 Å². The van der Waals surface area contributed by atoms with Gasteiger partial charge < -0.3 is 5.73 Å². The van der Waals surface area contributed by atoms with Crippen molar-refractivity contribution in [1.29, 1.82) is 0 Å². The van der Waals surface area contributed by atoms with Gasteiger partial charge in [-0.1, -0.05) is 0 Å². The average Bonchev–Trinajstić information content (AvgIpc) is 2.95. The minimum Gasteiger partial charge on any atom is -0.399 e. The van der Waals surface area contributed by atoms with Gasteiger partial charge in [-0.05, 0) is 30.9 Å². The Morgan fingerprint density at radius 1 is 1.29 bits per heavy atom. The van der Waals surface area contributed by atoms with E-state index in [2.05, 4.69) is 4.72 Å². The van der Waals surface area contributed by atoms with Gasteiger partial charge >= 0.3 is 0 Å². The van der Waals surface area contributed by atoms with Crippen molar-refractivity contribution in [2.24, 2.45) is 5.92 Å². The lowest BCUT2D eigenvalue weighted by atomic mass is 10.3. The van der Waals surface area contributed by atoms with E-state index >= 15 is 0 Å². The number of sulfonamides is 1. The second-order valence-electron chi connectivity index (χ2n) is 4.11. The highest BCUT2D eigenvalue weighted by Gasteiger charge is 2.28.